The van der Waals surface area contributed by atoms with E-state index in [0.717, 1.165) is 0 Å². The number of nitrogens with one attached hydrogen (secondary N) is 3. The van der Waals surface area contributed by atoms with Crippen molar-refractivity contribution in [3.63, 3.8) is 0 Å². The topological polar surface area (TPSA) is 108 Å². The van der Waals surface area contributed by atoms with Gasteiger partial charge in [-0.2, -0.15) is 0 Å². The van der Waals surface area contributed by atoms with E-state index in [0.29, 0.717) is 0 Å². The van der Waals surface area contributed by atoms with Crippen LogP contribution in [0.4, 0.5) is 5.69 Å². The molecule has 7 nitrogen and oxygen atoms in total. The van der Waals surface area contributed by atoms with Gasteiger partial charge in [-0.05, 0) is 12.1 Å². The molecule has 1 heterocycles. The molecule has 0 saturated carbocycles. The summed E-state index contributed by atoms with van der Waals surface area (Å²) < 4.78 is 0. The van der Waals surface area contributed by atoms with E-state index in [-0.39, 0.29) is 40.3 Å². The highest BCUT2D eigenvalue weighted by molar-refractivity contribution is 6.37. The lowest BCUT2D eigenvalue weighted by molar-refractivity contribution is -0.124. The second-order valence-corrected chi connectivity index (χ2v) is 5.19. The molecule has 1 unspecified atom stereocenters. The van der Waals surface area contributed by atoms with Crippen molar-refractivity contribution in [1.29, 1.82) is 0 Å². The summed E-state index contributed by atoms with van der Waals surface area (Å²) in [7, 11) is 0. The molecule has 0 spiro atoms. The number of aromatic carboxylic acids is 1. The lowest BCUT2D eigenvalue weighted by atomic mass is 10.1. The Hall–Kier alpha value is -1.83. The van der Waals surface area contributed by atoms with Gasteiger partial charge in [0.15, 0.2) is 0 Å². The van der Waals surface area contributed by atoms with Crippen LogP contribution in [0, 0.1) is 0 Å². The molecule has 2 amide bonds. The van der Waals surface area contributed by atoms with E-state index in [9.17, 15) is 14.4 Å². The van der Waals surface area contributed by atoms with Gasteiger partial charge in [0.1, 0.15) is 6.04 Å². The lowest BCUT2D eigenvalue weighted by Crippen LogP contribution is -2.56. The number of carboxylic acids is 1. The molecule has 0 radical (unpaired) electrons. The fourth-order valence-corrected chi connectivity index (χ4v) is 2.37. The second-order valence-electron chi connectivity index (χ2n) is 4.34. The number of amides is 2. The molecule has 1 atom stereocenters. The molecule has 1 saturated heterocycles. The number of halogens is 2. The van der Waals surface area contributed by atoms with Gasteiger partial charge in [-0.1, -0.05) is 23.2 Å². The van der Waals surface area contributed by atoms with Crippen LogP contribution in [-0.2, 0) is 9.59 Å². The molecule has 2 rings (SSSR count). The third kappa shape index (κ3) is 3.63. The summed E-state index contributed by atoms with van der Waals surface area (Å²) >= 11 is 11.7. The molecule has 4 N–H and O–H groups in total. The third-order valence-corrected chi connectivity index (χ3v) is 3.38. The van der Waals surface area contributed by atoms with E-state index < -0.39 is 17.9 Å². The smallest absolute Gasteiger partial charge is 0.337 e. The zero-order valence-electron chi connectivity index (χ0n) is 10.6. The molecule has 1 aromatic carbocycles. The largest absolute Gasteiger partial charge is 0.478 e. The van der Waals surface area contributed by atoms with Crippen molar-refractivity contribution >= 4 is 46.7 Å². The highest BCUT2D eigenvalue weighted by Gasteiger charge is 2.26. The normalized spacial score (nSPS) is 18.0. The zero-order chi connectivity index (χ0) is 15.6. The van der Waals surface area contributed by atoms with Crippen LogP contribution in [0.1, 0.15) is 10.4 Å². The number of carboxylic acid groups (broad SMARTS) is 1. The molecular formula is C12H11Cl2N3O4. The van der Waals surface area contributed by atoms with Crippen molar-refractivity contribution < 1.29 is 19.5 Å². The van der Waals surface area contributed by atoms with Gasteiger partial charge in [0, 0.05) is 11.6 Å². The van der Waals surface area contributed by atoms with Crippen LogP contribution in [0.2, 0.25) is 10.0 Å². The first kappa shape index (κ1) is 15.6. The number of anilines is 1. The van der Waals surface area contributed by atoms with Crippen molar-refractivity contribution in [2.24, 2.45) is 0 Å². The Kier molecular flexibility index (Phi) is 4.66. The van der Waals surface area contributed by atoms with Gasteiger partial charge >= 0.3 is 5.97 Å². The molecule has 0 aliphatic carbocycles. The monoisotopic (exact) mass is 331 g/mol. The first-order valence-electron chi connectivity index (χ1n) is 5.91. The van der Waals surface area contributed by atoms with Gasteiger partial charge < -0.3 is 15.7 Å². The molecule has 1 fully saturated rings. The van der Waals surface area contributed by atoms with Crippen molar-refractivity contribution in [3.8, 4) is 0 Å². The Labute approximate surface area is 129 Å². The number of piperazine rings is 1. The number of benzene rings is 1. The van der Waals surface area contributed by atoms with Gasteiger partial charge in [-0.15, -0.1) is 0 Å². The molecule has 0 bridgehead atoms. The van der Waals surface area contributed by atoms with E-state index in [1.54, 1.807) is 0 Å². The fraction of sp³-hybridized carbons (Fsp3) is 0.250. The molecule has 1 aliphatic rings. The quantitative estimate of drug-likeness (QED) is 0.652. The van der Waals surface area contributed by atoms with Crippen molar-refractivity contribution in [1.82, 2.24) is 10.6 Å². The standard InChI is InChI=1S/C12H11Cl2N3O4/c13-5-1-6(12(20)21)10(7(14)2-5)17-11(19)8-3-16-9(18)4-15-8/h1-2,8,15H,3-4H2,(H,16,18)(H,17,19)(H,20,21). The van der Waals surface area contributed by atoms with E-state index >= 15 is 0 Å². The Morgan fingerprint density at radius 3 is 2.62 bits per heavy atom. The van der Waals surface area contributed by atoms with Crippen LogP contribution in [0.3, 0.4) is 0 Å². The average Bonchev–Trinajstić information content (AvgIpc) is 2.41. The Bertz CT molecular complexity index is 611. The van der Waals surface area contributed by atoms with Crippen molar-refractivity contribution in [2.45, 2.75) is 6.04 Å². The van der Waals surface area contributed by atoms with Gasteiger partial charge in [-0.25, -0.2) is 4.79 Å². The summed E-state index contributed by atoms with van der Waals surface area (Å²) in [6.07, 6.45) is 0. The first-order valence-corrected chi connectivity index (χ1v) is 6.67. The summed E-state index contributed by atoms with van der Waals surface area (Å²) in [4.78, 5) is 34.3. The van der Waals surface area contributed by atoms with Crippen molar-refractivity contribution in [3.05, 3.63) is 27.7 Å². The van der Waals surface area contributed by atoms with Gasteiger partial charge in [0.05, 0.1) is 22.8 Å². The summed E-state index contributed by atoms with van der Waals surface area (Å²) in [6, 6.07) is 1.86. The van der Waals surface area contributed by atoms with Gasteiger partial charge in [0.25, 0.3) is 0 Å². The maximum Gasteiger partial charge on any atom is 0.337 e. The molecule has 0 aromatic heterocycles. The number of hydrogen-bond acceptors (Lipinski definition) is 4. The van der Waals surface area contributed by atoms with Crippen LogP contribution in [0.5, 0.6) is 0 Å². The Morgan fingerprint density at radius 2 is 2.05 bits per heavy atom. The third-order valence-electron chi connectivity index (χ3n) is 2.86. The summed E-state index contributed by atoms with van der Waals surface area (Å²) in [5, 5.41) is 17.0. The van der Waals surface area contributed by atoms with Gasteiger partial charge in [0.2, 0.25) is 11.8 Å². The number of rotatable bonds is 3. The number of carbonyl (C=O) groups is 3. The molecule has 9 heteroatoms. The second kappa shape index (κ2) is 6.30. The highest BCUT2D eigenvalue weighted by Crippen LogP contribution is 2.30. The average molecular weight is 332 g/mol. The fourth-order valence-electron chi connectivity index (χ4n) is 1.83. The predicted molar refractivity (Wildman–Crippen MR) is 76.9 cm³/mol. The number of hydrogen-bond donors (Lipinski definition) is 4. The summed E-state index contributed by atoms with van der Waals surface area (Å²) in [6.45, 7) is 0.122. The zero-order valence-corrected chi connectivity index (χ0v) is 12.1. The number of carbonyl (C=O) groups excluding carboxylic acids is 2. The van der Waals surface area contributed by atoms with E-state index in [4.69, 9.17) is 28.3 Å². The minimum absolute atomic E-state index is 0.0121. The lowest BCUT2D eigenvalue weighted by Gasteiger charge is -2.23. The van der Waals surface area contributed by atoms with Gasteiger partial charge in [-0.3, -0.25) is 14.9 Å². The van der Waals surface area contributed by atoms with Crippen LogP contribution in [0.25, 0.3) is 0 Å². The Balaban J connectivity index is 2.21. The molecular weight excluding hydrogens is 321 g/mol. The van der Waals surface area contributed by atoms with Crippen LogP contribution in [0.15, 0.2) is 12.1 Å². The van der Waals surface area contributed by atoms with E-state index in [1.165, 1.54) is 12.1 Å². The maximum atomic E-state index is 12.1. The van der Waals surface area contributed by atoms with Crippen molar-refractivity contribution in [2.75, 3.05) is 18.4 Å². The van der Waals surface area contributed by atoms with Crippen LogP contribution < -0.4 is 16.0 Å². The van der Waals surface area contributed by atoms with E-state index in [1.807, 2.05) is 0 Å². The SMILES string of the molecule is O=C1CNC(C(=O)Nc2c(Cl)cc(Cl)cc2C(=O)O)CN1. The summed E-state index contributed by atoms with van der Waals surface area (Å²) in [5.74, 6) is -1.98. The minimum atomic E-state index is -1.26. The van der Waals surface area contributed by atoms with E-state index in [2.05, 4.69) is 16.0 Å². The first-order chi connectivity index (χ1) is 9.88. The predicted octanol–water partition coefficient (Wildman–Crippen LogP) is 0.718. The molecule has 1 aromatic rings. The molecule has 112 valence electrons. The molecule has 1 aliphatic heterocycles. The molecule has 21 heavy (non-hydrogen) atoms. The Morgan fingerprint density at radius 1 is 1.33 bits per heavy atom. The maximum absolute atomic E-state index is 12.1. The van der Waals surface area contributed by atoms with Crippen LogP contribution in [-0.4, -0.2) is 42.0 Å². The highest BCUT2D eigenvalue weighted by atomic mass is 35.5. The minimum Gasteiger partial charge on any atom is -0.478 e. The van der Waals surface area contributed by atoms with Crippen LogP contribution >= 0.6 is 23.2 Å². The summed E-state index contributed by atoms with van der Waals surface area (Å²) in [5.41, 5.74) is -0.238.